The van der Waals surface area contributed by atoms with Crippen LogP contribution in [0.1, 0.15) is 20.8 Å². The van der Waals surface area contributed by atoms with Crippen LogP contribution in [0.5, 0.6) is 0 Å². The summed E-state index contributed by atoms with van der Waals surface area (Å²) < 4.78 is 0. The molecule has 0 unspecified atom stereocenters. The lowest BCUT2D eigenvalue weighted by Crippen LogP contribution is -2.47. The normalized spacial score (nSPS) is 14.5. The van der Waals surface area contributed by atoms with Crippen molar-refractivity contribution in [3.63, 3.8) is 0 Å². The first-order valence-corrected chi connectivity index (χ1v) is 3.36. The highest BCUT2D eigenvalue weighted by molar-refractivity contribution is 5.81. The molecule has 1 atom stereocenters. The van der Waals surface area contributed by atoms with E-state index in [-0.39, 0.29) is 11.3 Å². The number of hydrogen-bond acceptors (Lipinski definition) is 2. The van der Waals surface area contributed by atoms with E-state index in [0.717, 1.165) is 0 Å². The van der Waals surface area contributed by atoms with Gasteiger partial charge >= 0.3 is 0 Å². The van der Waals surface area contributed by atoms with Crippen LogP contribution in [-0.4, -0.2) is 19.0 Å². The Morgan fingerprint density at radius 1 is 1.50 bits per heavy atom. The second-order valence-corrected chi connectivity index (χ2v) is 3.46. The third-order valence-corrected chi connectivity index (χ3v) is 1.46. The Morgan fingerprint density at radius 3 is 2.00 bits per heavy atom. The summed E-state index contributed by atoms with van der Waals surface area (Å²) in [7, 11) is 1.59. The second-order valence-electron chi connectivity index (χ2n) is 3.46. The third-order valence-electron chi connectivity index (χ3n) is 1.46. The van der Waals surface area contributed by atoms with E-state index < -0.39 is 6.04 Å². The number of nitrogens with two attached hydrogens (primary N) is 1. The van der Waals surface area contributed by atoms with E-state index in [0.29, 0.717) is 0 Å². The van der Waals surface area contributed by atoms with E-state index in [4.69, 9.17) is 5.73 Å². The summed E-state index contributed by atoms with van der Waals surface area (Å²) in [5.74, 6) is -0.104. The van der Waals surface area contributed by atoms with Crippen LogP contribution in [0, 0.1) is 5.41 Å². The number of likely N-dealkylation sites (N-methyl/N-ethyl adjacent to an activating group) is 1. The van der Waals surface area contributed by atoms with Gasteiger partial charge in [-0.15, -0.1) is 0 Å². The Kier molecular flexibility index (Phi) is 2.84. The molecule has 0 fully saturated rings. The maximum absolute atomic E-state index is 10.9. The van der Waals surface area contributed by atoms with Crippen molar-refractivity contribution < 1.29 is 4.79 Å². The summed E-state index contributed by atoms with van der Waals surface area (Å²) in [6.45, 7) is 5.81. The summed E-state index contributed by atoms with van der Waals surface area (Å²) in [5, 5.41) is 2.51. The van der Waals surface area contributed by atoms with Gasteiger partial charge in [0.05, 0.1) is 6.04 Å². The molecule has 1 amide bonds. The quantitative estimate of drug-likeness (QED) is 0.548. The van der Waals surface area contributed by atoms with Gasteiger partial charge in [-0.05, 0) is 5.41 Å². The summed E-state index contributed by atoms with van der Waals surface area (Å²) in [6, 6.07) is -0.419. The lowest BCUT2D eigenvalue weighted by Gasteiger charge is -2.24. The van der Waals surface area contributed by atoms with Crippen LogP contribution < -0.4 is 11.1 Å². The molecule has 0 saturated carbocycles. The van der Waals surface area contributed by atoms with Gasteiger partial charge in [-0.1, -0.05) is 20.8 Å². The van der Waals surface area contributed by atoms with Crippen LogP contribution in [0.15, 0.2) is 0 Å². The van der Waals surface area contributed by atoms with Crippen LogP contribution in [0.25, 0.3) is 0 Å². The summed E-state index contributed by atoms with van der Waals surface area (Å²) in [4.78, 5) is 10.9. The van der Waals surface area contributed by atoms with Gasteiger partial charge in [0.25, 0.3) is 0 Å². The SMILES string of the molecule is CNC(=O)[C@H](N)C(C)(C)C. The highest BCUT2D eigenvalue weighted by Crippen LogP contribution is 2.16. The molecule has 3 N–H and O–H groups in total. The molecule has 0 aliphatic heterocycles. The lowest BCUT2D eigenvalue weighted by molar-refractivity contribution is -0.123. The van der Waals surface area contributed by atoms with Gasteiger partial charge < -0.3 is 11.1 Å². The van der Waals surface area contributed by atoms with Crippen molar-refractivity contribution in [3.8, 4) is 0 Å². The molecule has 60 valence electrons. The van der Waals surface area contributed by atoms with Gasteiger partial charge in [0.2, 0.25) is 5.91 Å². The number of carbonyl (C=O) groups is 1. The molecule has 0 radical (unpaired) electrons. The van der Waals surface area contributed by atoms with Gasteiger partial charge in [-0.2, -0.15) is 0 Å². The molecule has 0 aromatic heterocycles. The van der Waals surface area contributed by atoms with Gasteiger partial charge in [0.15, 0.2) is 0 Å². The smallest absolute Gasteiger partial charge is 0.237 e. The molecular weight excluding hydrogens is 128 g/mol. The van der Waals surface area contributed by atoms with Crippen molar-refractivity contribution in [1.82, 2.24) is 5.32 Å². The van der Waals surface area contributed by atoms with E-state index in [9.17, 15) is 4.79 Å². The molecule has 0 rings (SSSR count). The first kappa shape index (κ1) is 9.43. The Bertz CT molecular complexity index is 126. The average Bonchev–Trinajstić information content (AvgIpc) is 1.83. The molecule has 0 aromatic carbocycles. The number of carbonyl (C=O) groups excluding carboxylic acids is 1. The number of hydrogen-bond donors (Lipinski definition) is 2. The zero-order valence-corrected chi connectivity index (χ0v) is 7.06. The summed E-state index contributed by atoms with van der Waals surface area (Å²) in [5.41, 5.74) is 5.44. The molecule has 0 bridgehead atoms. The van der Waals surface area contributed by atoms with Crippen molar-refractivity contribution in [1.29, 1.82) is 0 Å². The largest absolute Gasteiger partial charge is 0.358 e. The fourth-order valence-electron chi connectivity index (χ4n) is 0.549. The zero-order valence-electron chi connectivity index (χ0n) is 7.06. The molecule has 0 aromatic rings. The minimum atomic E-state index is -0.419. The Morgan fingerprint density at radius 2 is 1.90 bits per heavy atom. The molecule has 10 heavy (non-hydrogen) atoms. The Hall–Kier alpha value is -0.570. The molecule has 3 nitrogen and oxygen atoms in total. The highest BCUT2D eigenvalue weighted by atomic mass is 16.2. The topological polar surface area (TPSA) is 55.1 Å². The fraction of sp³-hybridized carbons (Fsp3) is 0.857. The Labute approximate surface area is 62.0 Å². The maximum Gasteiger partial charge on any atom is 0.237 e. The Balaban J connectivity index is 4.08. The van der Waals surface area contributed by atoms with E-state index in [1.165, 1.54) is 0 Å². The summed E-state index contributed by atoms with van der Waals surface area (Å²) >= 11 is 0. The number of amides is 1. The maximum atomic E-state index is 10.9. The molecule has 0 heterocycles. The van der Waals surface area contributed by atoms with Crippen molar-refractivity contribution in [2.75, 3.05) is 7.05 Å². The highest BCUT2D eigenvalue weighted by Gasteiger charge is 2.26. The van der Waals surface area contributed by atoms with Gasteiger partial charge in [-0.3, -0.25) is 4.79 Å². The lowest BCUT2D eigenvalue weighted by atomic mass is 9.87. The molecule has 0 spiro atoms. The van der Waals surface area contributed by atoms with Gasteiger partial charge in [0, 0.05) is 7.05 Å². The third kappa shape index (κ3) is 2.35. The first-order valence-electron chi connectivity index (χ1n) is 3.36. The summed E-state index contributed by atoms with van der Waals surface area (Å²) in [6.07, 6.45) is 0. The molecule has 0 aliphatic carbocycles. The van der Waals surface area contributed by atoms with Crippen molar-refractivity contribution >= 4 is 5.91 Å². The van der Waals surface area contributed by atoms with Gasteiger partial charge in [0.1, 0.15) is 0 Å². The standard InChI is InChI=1S/C7H16N2O/c1-7(2,3)5(8)6(10)9-4/h5H,8H2,1-4H3,(H,9,10)/t5-/m0/s1. The average molecular weight is 144 g/mol. The van der Waals surface area contributed by atoms with Crippen molar-refractivity contribution in [2.24, 2.45) is 11.1 Å². The molecule has 0 saturated heterocycles. The number of nitrogens with one attached hydrogen (secondary N) is 1. The van der Waals surface area contributed by atoms with E-state index in [1.807, 2.05) is 20.8 Å². The van der Waals surface area contributed by atoms with E-state index in [1.54, 1.807) is 7.05 Å². The first-order chi connectivity index (χ1) is 4.39. The minimum absolute atomic E-state index is 0.104. The van der Waals surface area contributed by atoms with Crippen LogP contribution in [0.4, 0.5) is 0 Å². The predicted octanol–water partition coefficient (Wildman–Crippen LogP) is 0.106. The van der Waals surface area contributed by atoms with E-state index >= 15 is 0 Å². The van der Waals surface area contributed by atoms with Gasteiger partial charge in [-0.25, -0.2) is 0 Å². The monoisotopic (exact) mass is 144 g/mol. The van der Waals surface area contributed by atoms with Crippen LogP contribution in [0.2, 0.25) is 0 Å². The molecule has 0 aliphatic rings. The second kappa shape index (κ2) is 3.01. The molecule has 3 heteroatoms. The molecular formula is C7H16N2O. The fourth-order valence-corrected chi connectivity index (χ4v) is 0.549. The predicted molar refractivity (Wildman–Crippen MR) is 41.5 cm³/mol. The minimum Gasteiger partial charge on any atom is -0.358 e. The van der Waals surface area contributed by atoms with Crippen LogP contribution >= 0.6 is 0 Å². The van der Waals surface area contributed by atoms with Crippen LogP contribution in [-0.2, 0) is 4.79 Å². The van der Waals surface area contributed by atoms with E-state index in [2.05, 4.69) is 5.32 Å². The number of rotatable bonds is 1. The van der Waals surface area contributed by atoms with Crippen molar-refractivity contribution in [2.45, 2.75) is 26.8 Å². The van der Waals surface area contributed by atoms with Crippen LogP contribution in [0.3, 0.4) is 0 Å². The van der Waals surface area contributed by atoms with Crippen molar-refractivity contribution in [3.05, 3.63) is 0 Å². The zero-order chi connectivity index (χ0) is 8.36.